The van der Waals surface area contributed by atoms with E-state index < -0.39 is 39.6 Å². The molecule has 0 aromatic heterocycles. The van der Waals surface area contributed by atoms with Crippen molar-refractivity contribution in [3.63, 3.8) is 0 Å². The Bertz CT molecular complexity index is 421. The second-order valence-electron chi connectivity index (χ2n) is 4.59. The summed E-state index contributed by atoms with van der Waals surface area (Å²) in [6.45, 7) is 3.68. The molecule has 0 amide bonds. The van der Waals surface area contributed by atoms with Crippen LogP contribution in [0.4, 0.5) is 0 Å². The Morgan fingerprint density at radius 1 is 1.20 bits per heavy atom. The van der Waals surface area contributed by atoms with E-state index in [0.29, 0.717) is 6.42 Å². The van der Waals surface area contributed by atoms with E-state index in [-0.39, 0.29) is 71.5 Å². The molecule has 0 radical (unpaired) electrons. The zero-order valence-electron chi connectivity index (χ0n) is 12.2. The van der Waals surface area contributed by atoms with Gasteiger partial charge in [-0.3, -0.25) is 4.55 Å². The molecule has 0 aliphatic carbocycles. The van der Waals surface area contributed by atoms with Gasteiger partial charge in [-0.25, -0.2) is 0 Å². The van der Waals surface area contributed by atoms with Crippen molar-refractivity contribution in [2.75, 3.05) is 0 Å². The molecule has 0 heterocycles. The Hall–Kier alpha value is 0.850. The number of hydrogen-bond donors (Lipinski definition) is 1. The van der Waals surface area contributed by atoms with Crippen LogP contribution in [0.2, 0.25) is 0 Å². The average Bonchev–Trinajstić information content (AvgIpc) is 2.12. The van der Waals surface area contributed by atoms with Crippen LogP contribution in [-0.4, -0.2) is 29.7 Å². The number of aliphatic carboxylic acids is 2. The standard InChI is InChI=1S/C10H18O7S.2Na/c1-7(2)4-3-5-10(9(13)14,6-8(11)12)18(15,16)17;;/h7H,3-6H2,1-2H3,(H,11,12)(H,13,14)(H,15,16,17);;/q;2*+1/p-2. The summed E-state index contributed by atoms with van der Waals surface area (Å²) >= 11 is 0. The fraction of sp³-hybridized carbons (Fsp3) is 0.800. The van der Waals surface area contributed by atoms with Crippen LogP contribution in [0.25, 0.3) is 0 Å². The van der Waals surface area contributed by atoms with Crippen LogP contribution in [0.3, 0.4) is 0 Å². The first-order valence-electron chi connectivity index (χ1n) is 5.41. The monoisotopic (exact) mass is 326 g/mol. The number of carboxylic acids is 2. The third-order valence-corrected chi connectivity index (χ3v) is 4.16. The van der Waals surface area contributed by atoms with Crippen molar-refractivity contribution in [2.24, 2.45) is 5.92 Å². The van der Waals surface area contributed by atoms with Gasteiger partial charge in [0.1, 0.15) is 4.75 Å². The van der Waals surface area contributed by atoms with Gasteiger partial charge in [0.05, 0.1) is 5.97 Å². The van der Waals surface area contributed by atoms with Crippen molar-refractivity contribution in [3.05, 3.63) is 0 Å². The van der Waals surface area contributed by atoms with Crippen LogP contribution < -0.4 is 69.3 Å². The Kier molecular flexibility index (Phi) is 13.6. The van der Waals surface area contributed by atoms with Gasteiger partial charge in [0, 0.05) is 12.4 Å². The van der Waals surface area contributed by atoms with Crippen LogP contribution in [0, 0.1) is 5.92 Å². The van der Waals surface area contributed by atoms with Gasteiger partial charge in [0.25, 0.3) is 10.1 Å². The van der Waals surface area contributed by atoms with Gasteiger partial charge in [-0.2, -0.15) is 8.42 Å². The van der Waals surface area contributed by atoms with Gasteiger partial charge in [0.2, 0.25) is 0 Å². The summed E-state index contributed by atoms with van der Waals surface area (Å²) in [6, 6.07) is 0. The van der Waals surface area contributed by atoms with E-state index in [1.54, 1.807) is 0 Å². The SMILES string of the molecule is CC(C)CCCC(CC(=O)[O-])(C(=O)[O-])S(=O)(=O)O.[Na+].[Na+]. The largest absolute Gasteiger partial charge is 1.00 e. The minimum Gasteiger partial charge on any atom is -0.550 e. The summed E-state index contributed by atoms with van der Waals surface area (Å²) in [6.07, 6.45) is -1.22. The van der Waals surface area contributed by atoms with Crippen molar-refractivity contribution in [2.45, 2.75) is 44.3 Å². The first-order valence-corrected chi connectivity index (χ1v) is 6.85. The number of hydrogen-bond acceptors (Lipinski definition) is 6. The summed E-state index contributed by atoms with van der Waals surface area (Å²) in [5.74, 6) is -3.81. The molecule has 1 atom stereocenters. The number of carbonyl (C=O) groups is 2. The molecule has 0 aromatic rings. The Balaban J connectivity index is -0.00000144. The van der Waals surface area contributed by atoms with Crippen LogP contribution in [0.5, 0.6) is 0 Å². The van der Waals surface area contributed by atoms with E-state index in [0.717, 1.165) is 0 Å². The fourth-order valence-electron chi connectivity index (χ4n) is 1.62. The van der Waals surface area contributed by atoms with Gasteiger partial charge >= 0.3 is 59.1 Å². The molecule has 1 N–H and O–H groups in total. The number of carbonyl (C=O) groups excluding carboxylic acids is 2. The molecule has 0 saturated heterocycles. The molecule has 1 unspecified atom stereocenters. The third-order valence-electron chi connectivity index (χ3n) is 2.66. The van der Waals surface area contributed by atoms with E-state index in [1.165, 1.54) is 0 Å². The number of rotatable bonds is 8. The predicted molar refractivity (Wildman–Crippen MR) is 57.6 cm³/mol. The van der Waals surface area contributed by atoms with Gasteiger partial charge in [-0.15, -0.1) is 0 Å². The van der Waals surface area contributed by atoms with Crippen molar-refractivity contribution in [1.29, 1.82) is 0 Å². The van der Waals surface area contributed by atoms with Crippen LogP contribution in [0.1, 0.15) is 39.5 Å². The molecule has 0 rings (SSSR count). The maximum Gasteiger partial charge on any atom is 1.00 e. The van der Waals surface area contributed by atoms with E-state index in [4.69, 9.17) is 4.55 Å². The fourth-order valence-corrected chi connectivity index (χ4v) is 2.53. The second-order valence-corrected chi connectivity index (χ2v) is 6.32. The third kappa shape index (κ3) is 7.74. The molecule has 0 aliphatic heterocycles. The molecule has 106 valence electrons. The van der Waals surface area contributed by atoms with Gasteiger partial charge in [-0.1, -0.05) is 26.7 Å². The summed E-state index contributed by atoms with van der Waals surface area (Å²) < 4.78 is 28.4. The van der Waals surface area contributed by atoms with E-state index in [2.05, 4.69) is 0 Å². The Labute approximate surface area is 162 Å². The molecular weight excluding hydrogens is 310 g/mol. The molecule has 0 bridgehead atoms. The molecule has 7 nitrogen and oxygen atoms in total. The molecule has 0 saturated carbocycles. The molecular formula is C10H16Na2O7S. The Morgan fingerprint density at radius 2 is 1.65 bits per heavy atom. The van der Waals surface area contributed by atoms with Crippen molar-refractivity contribution in [3.8, 4) is 0 Å². The van der Waals surface area contributed by atoms with Gasteiger partial charge < -0.3 is 19.8 Å². The quantitative estimate of drug-likeness (QED) is 0.346. The summed E-state index contributed by atoms with van der Waals surface area (Å²) in [7, 11) is -5.10. The van der Waals surface area contributed by atoms with Crippen molar-refractivity contribution >= 4 is 22.1 Å². The molecule has 0 fully saturated rings. The second kappa shape index (κ2) is 10.6. The predicted octanol–water partition coefficient (Wildman–Crippen LogP) is -7.66. The maximum atomic E-state index is 11.1. The first kappa shape index (κ1) is 25.8. The zero-order valence-corrected chi connectivity index (χ0v) is 17.0. The first-order chi connectivity index (χ1) is 8.03. The Morgan fingerprint density at radius 3 is 1.90 bits per heavy atom. The van der Waals surface area contributed by atoms with Crippen LogP contribution >= 0.6 is 0 Å². The normalized spacial score (nSPS) is 13.8. The van der Waals surface area contributed by atoms with Crippen molar-refractivity contribution in [1.82, 2.24) is 0 Å². The minimum atomic E-state index is -5.10. The molecule has 0 aliphatic rings. The number of carboxylic acid groups (broad SMARTS) is 2. The summed E-state index contributed by atoms with van der Waals surface area (Å²) in [4.78, 5) is 21.4. The van der Waals surface area contributed by atoms with E-state index >= 15 is 0 Å². The van der Waals surface area contributed by atoms with Gasteiger partial charge in [0.15, 0.2) is 0 Å². The maximum absolute atomic E-state index is 11.1. The molecule has 20 heavy (non-hydrogen) atoms. The topological polar surface area (TPSA) is 135 Å². The van der Waals surface area contributed by atoms with Crippen LogP contribution in [-0.2, 0) is 19.7 Å². The van der Waals surface area contributed by atoms with E-state index in [1.807, 2.05) is 13.8 Å². The summed E-state index contributed by atoms with van der Waals surface area (Å²) in [5, 5.41) is 21.4. The minimum absolute atomic E-state index is 0. The zero-order chi connectivity index (χ0) is 14.6. The molecule has 0 spiro atoms. The van der Waals surface area contributed by atoms with E-state index in [9.17, 15) is 28.2 Å². The molecule has 10 heteroatoms. The summed E-state index contributed by atoms with van der Waals surface area (Å²) in [5.41, 5.74) is 0. The van der Waals surface area contributed by atoms with Crippen LogP contribution in [0.15, 0.2) is 0 Å². The average molecular weight is 326 g/mol. The molecule has 0 aromatic carbocycles. The van der Waals surface area contributed by atoms with Gasteiger partial charge in [-0.05, 0) is 12.3 Å². The smallest absolute Gasteiger partial charge is 0.550 e. The van der Waals surface area contributed by atoms with Crippen molar-refractivity contribution < 1.29 is 91.9 Å².